The zero-order valence-electron chi connectivity index (χ0n) is 61.5. The van der Waals surface area contributed by atoms with Gasteiger partial charge >= 0.3 is 0 Å². The molecule has 0 saturated carbocycles. The van der Waals surface area contributed by atoms with Crippen molar-refractivity contribution in [3.05, 3.63) is 106 Å². The molecule has 0 bridgehead atoms. The maximum absolute atomic E-state index is 6.78. The van der Waals surface area contributed by atoms with Crippen molar-refractivity contribution >= 4 is 129 Å². The van der Waals surface area contributed by atoms with Crippen LogP contribution in [0.1, 0.15) is 266 Å². The maximum atomic E-state index is 6.78. The van der Waals surface area contributed by atoms with E-state index in [1.54, 1.807) is 0 Å². The molecule has 0 aromatic heterocycles. The van der Waals surface area contributed by atoms with Crippen molar-refractivity contribution in [3.63, 3.8) is 0 Å². The highest BCUT2D eigenvalue weighted by Crippen LogP contribution is 2.61. The average Bonchev–Trinajstić information content (AvgIpc) is 0.644. The summed E-state index contributed by atoms with van der Waals surface area (Å²) in [7, 11) is 0. The van der Waals surface area contributed by atoms with E-state index in [0.717, 1.165) is 67.3 Å². The van der Waals surface area contributed by atoms with Gasteiger partial charge in [0.05, 0.1) is 0 Å². The fourth-order valence-electron chi connectivity index (χ4n) is 18.5. The number of rotatable bonds is 35. The SMILES string of the molecule is C#Cc1cc2c3cc(CCC(C)CCCC(C)C)cc4c5cc(CCC(C)CCCC(C)C)cc6c7cc(CCC(C)CCCC(C)C)cc8c9cc(CCC(C)CCCC(C)C)cc%10c%11cc(CCC(C)CCCC(C)C)cc%12c(c1)c2c1c(c34)c(c56)c(c78)c(c%109)c1c%12%11. The van der Waals surface area contributed by atoms with E-state index in [0.29, 0.717) is 29.6 Å². The molecule has 0 nitrogen and oxygen atoms in total. The zero-order chi connectivity index (χ0) is 66.0. The lowest BCUT2D eigenvalue weighted by Gasteiger charge is -2.30. The van der Waals surface area contributed by atoms with Gasteiger partial charge in [-0.2, -0.15) is 0 Å². The highest BCUT2D eigenvalue weighted by atomic mass is 14.4. The predicted molar refractivity (Wildman–Crippen MR) is 422 cm³/mol. The van der Waals surface area contributed by atoms with Crippen molar-refractivity contribution in [3.8, 4) is 12.3 Å². The van der Waals surface area contributed by atoms with Gasteiger partial charge in [-0.1, -0.05) is 267 Å². The summed E-state index contributed by atoms with van der Waals surface area (Å²) in [4.78, 5) is 0. The van der Waals surface area contributed by atoms with Crippen LogP contribution in [0.3, 0.4) is 0 Å². The fraction of sp³-hybridized carbons (Fsp3) is 0.532. The zero-order valence-corrected chi connectivity index (χ0v) is 61.5. The molecule has 0 saturated heterocycles. The second kappa shape index (κ2) is 27.9. The van der Waals surface area contributed by atoms with Gasteiger partial charge < -0.3 is 0 Å². The first kappa shape index (κ1) is 66.7. The maximum Gasteiger partial charge on any atom is 0.0255 e. The van der Waals surface area contributed by atoms with Gasteiger partial charge in [-0.25, -0.2) is 0 Å². The summed E-state index contributed by atoms with van der Waals surface area (Å²) in [6.07, 6.45) is 38.1. The molecule has 94 heavy (non-hydrogen) atoms. The van der Waals surface area contributed by atoms with Crippen LogP contribution in [0.15, 0.2) is 72.8 Å². The van der Waals surface area contributed by atoms with E-state index >= 15 is 0 Å². The summed E-state index contributed by atoms with van der Waals surface area (Å²) in [5.74, 6) is 10.5. The molecule has 0 N–H and O–H groups in total. The summed E-state index contributed by atoms with van der Waals surface area (Å²) in [5.41, 5.74) is 8.53. The Morgan fingerprint density at radius 2 is 0.372 bits per heavy atom. The van der Waals surface area contributed by atoms with Crippen LogP contribution in [0.4, 0.5) is 0 Å². The van der Waals surface area contributed by atoms with Gasteiger partial charge in [-0.15, -0.1) is 6.42 Å². The van der Waals surface area contributed by atoms with Crippen LogP contribution in [0, 0.1) is 71.5 Å². The molecule has 0 amide bonds. The van der Waals surface area contributed by atoms with Crippen LogP contribution < -0.4 is 0 Å². The quantitative estimate of drug-likeness (QED) is 0.0211. The van der Waals surface area contributed by atoms with E-state index in [1.165, 1.54) is 286 Å². The molecule has 13 aromatic carbocycles. The van der Waals surface area contributed by atoms with Gasteiger partial charge in [0, 0.05) is 5.56 Å². The number of terminal acetylenes is 1. The van der Waals surface area contributed by atoms with E-state index in [9.17, 15) is 0 Å². The first-order valence-corrected chi connectivity index (χ1v) is 39.0. The minimum Gasteiger partial charge on any atom is -0.115 e. The second-order valence-electron chi connectivity index (χ2n) is 34.5. The van der Waals surface area contributed by atoms with Crippen LogP contribution in [0.25, 0.3) is 129 Å². The minimum absolute atomic E-state index is 0.673. The van der Waals surface area contributed by atoms with Crippen LogP contribution in [0.2, 0.25) is 0 Å². The van der Waals surface area contributed by atoms with Crippen molar-refractivity contribution < 1.29 is 0 Å². The van der Waals surface area contributed by atoms with Crippen LogP contribution in [0.5, 0.6) is 0 Å². The molecule has 0 fully saturated rings. The van der Waals surface area contributed by atoms with Gasteiger partial charge in [0.2, 0.25) is 0 Å². The molecule has 0 heteroatoms. The predicted octanol–water partition coefficient (Wildman–Crippen LogP) is 29.1. The summed E-state index contributed by atoms with van der Waals surface area (Å²) < 4.78 is 0. The molecule has 13 rings (SSSR count). The highest BCUT2D eigenvalue weighted by molar-refractivity contribution is 6.61. The van der Waals surface area contributed by atoms with Crippen LogP contribution in [-0.2, 0) is 32.1 Å². The number of fused-ring (bicyclic) bond motifs is 6. The molecule has 0 heterocycles. The molecule has 5 unspecified atom stereocenters. The molecule has 5 atom stereocenters. The van der Waals surface area contributed by atoms with Crippen molar-refractivity contribution in [2.45, 2.75) is 264 Å². The van der Waals surface area contributed by atoms with Crippen molar-refractivity contribution in [1.29, 1.82) is 0 Å². The Labute approximate surface area is 567 Å². The number of hydrogen-bond acceptors (Lipinski definition) is 0. The Morgan fingerprint density at radius 3 is 0.521 bits per heavy atom. The average molecular weight is 1250 g/mol. The Bertz CT molecular complexity index is 4460. The molecule has 0 radical (unpaired) electrons. The minimum atomic E-state index is 0.673. The van der Waals surface area contributed by atoms with Crippen molar-refractivity contribution in [1.82, 2.24) is 0 Å². The molecule has 0 aliphatic carbocycles. The summed E-state index contributed by atoms with van der Waals surface area (Å²) in [5, 5.41) is 35.4. The number of benzene rings is 13. The number of aryl methyl sites for hydroxylation is 5. The molecular formula is C94H118. The Kier molecular flexibility index (Phi) is 19.8. The highest BCUT2D eigenvalue weighted by Gasteiger charge is 2.33. The van der Waals surface area contributed by atoms with E-state index in [4.69, 9.17) is 6.42 Å². The molecule has 0 spiro atoms. The Morgan fingerprint density at radius 1 is 0.213 bits per heavy atom. The van der Waals surface area contributed by atoms with E-state index < -0.39 is 0 Å². The van der Waals surface area contributed by atoms with Gasteiger partial charge in [-0.05, 0) is 293 Å². The molecule has 13 aromatic rings. The van der Waals surface area contributed by atoms with Crippen LogP contribution >= 0.6 is 0 Å². The third-order valence-corrected chi connectivity index (χ3v) is 24.1. The largest absolute Gasteiger partial charge is 0.115 e. The van der Waals surface area contributed by atoms with Crippen molar-refractivity contribution in [2.24, 2.45) is 59.2 Å². The first-order valence-electron chi connectivity index (χ1n) is 39.0. The fourth-order valence-corrected chi connectivity index (χ4v) is 18.5. The second-order valence-corrected chi connectivity index (χ2v) is 34.5. The Balaban J connectivity index is 1.16. The van der Waals surface area contributed by atoms with Gasteiger partial charge in [0.1, 0.15) is 0 Å². The smallest absolute Gasteiger partial charge is 0.0255 e. The Hall–Kier alpha value is -5.90. The monoisotopic (exact) mass is 1250 g/mol. The summed E-state index contributed by atoms with van der Waals surface area (Å²) >= 11 is 0. The van der Waals surface area contributed by atoms with E-state index in [1.807, 2.05) is 0 Å². The number of hydrogen-bond donors (Lipinski definition) is 0. The molecule has 0 aliphatic heterocycles. The summed E-state index contributed by atoms with van der Waals surface area (Å²) in [6, 6.07) is 32.2. The van der Waals surface area contributed by atoms with Crippen LogP contribution in [-0.4, -0.2) is 0 Å². The third-order valence-electron chi connectivity index (χ3n) is 24.1. The van der Waals surface area contributed by atoms with Gasteiger partial charge in [-0.3, -0.25) is 0 Å². The first-order chi connectivity index (χ1) is 45.2. The normalized spacial score (nSPS) is 14.8. The van der Waals surface area contributed by atoms with Crippen molar-refractivity contribution in [2.75, 3.05) is 0 Å². The molecule has 494 valence electrons. The lowest BCUT2D eigenvalue weighted by atomic mass is 9.72. The molecular weight excluding hydrogens is 1130 g/mol. The van der Waals surface area contributed by atoms with Gasteiger partial charge in [0.15, 0.2) is 0 Å². The summed E-state index contributed by atoms with van der Waals surface area (Å²) in [6.45, 7) is 36.6. The standard InChI is InChI=1S/C94H118/c1-17-65-43-71-73-45-66(38-33-60(12)28-18-23-55(2)3)47-75-77-49-68(40-35-62(14)30-20-25-57(6)7)51-79-81-53-70(42-37-64(16)32-22-27-59(10)11)54-82-80-52-69(41-36-63(15)31-21-26-58(8)9)50-78-76-48-67(39-34-61(13)29-19-24-56(4)5)46-74-72(44-65)83(71)89-90(84(73)75)92(86(77)79)94(88(81)82)93(87(78)80)91(89)85(74)76/h1,43-64H,18-42H2,2-16H3. The third kappa shape index (κ3) is 13.0. The van der Waals surface area contributed by atoms with E-state index in [2.05, 4.69) is 183 Å². The lowest BCUT2D eigenvalue weighted by molar-refractivity contribution is 0.437. The lowest BCUT2D eigenvalue weighted by Crippen LogP contribution is -2.04. The van der Waals surface area contributed by atoms with E-state index in [-0.39, 0.29) is 0 Å². The topological polar surface area (TPSA) is 0 Å². The van der Waals surface area contributed by atoms with Gasteiger partial charge in [0.25, 0.3) is 0 Å². The molecule has 0 aliphatic rings.